The van der Waals surface area contributed by atoms with Crippen molar-refractivity contribution in [3.8, 4) is 0 Å². The van der Waals surface area contributed by atoms with Crippen LogP contribution < -0.4 is 10.6 Å². The van der Waals surface area contributed by atoms with Crippen LogP contribution in [0.2, 0.25) is 0 Å². The summed E-state index contributed by atoms with van der Waals surface area (Å²) in [7, 11) is -3.68. The van der Waals surface area contributed by atoms with Crippen LogP contribution in [-0.4, -0.2) is 49.8 Å². The van der Waals surface area contributed by atoms with Crippen molar-refractivity contribution in [2.24, 2.45) is 0 Å². The van der Waals surface area contributed by atoms with Gasteiger partial charge in [-0.2, -0.15) is 4.31 Å². The highest BCUT2D eigenvalue weighted by Gasteiger charge is 2.31. The Kier molecular flexibility index (Phi) is 8.41. The van der Waals surface area contributed by atoms with E-state index in [1.54, 1.807) is 37.3 Å². The van der Waals surface area contributed by atoms with Gasteiger partial charge in [-0.3, -0.25) is 10.1 Å². The molecule has 0 saturated carbocycles. The molecule has 2 N–H and O–H groups in total. The minimum atomic E-state index is -3.68. The van der Waals surface area contributed by atoms with Gasteiger partial charge in [-0.25, -0.2) is 18.0 Å². The third-order valence-electron chi connectivity index (χ3n) is 5.58. The number of nitrogens with one attached hydrogen (secondary N) is 2. The quantitative estimate of drug-likeness (QED) is 0.579. The lowest BCUT2D eigenvalue weighted by molar-refractivity contribution is -0.129. The molecule has 2 unspecified atom stereocenters. The van der Waals surface area contributed by atoms with Gasteiger partial charge in [0, 0.05) is 24.7 Å². The van der Waals surface area contributed by atoms with E-state index in [1.807, 2.05) is 6.92 Å². The molecule has 0 aromatic heterocycles. The van der Waals surface area contributed by atoms with Crippen molar-refractivity contribution in [1.82, 2.24) is 14.9 Å². The van der Waals surface area contributed by atoms with Gasteiger partial charge < -0.3 is 10.1 Å². The molecule has 9 nitrogen and oxygen atoms in total. The first-order valence-corrected chi connectivity index (χ1v) is 12.6. The third-order valence-corrected chi connectivity index (χ3v) is 7.61. The molecule has 2 aromatic rings. The second-order valence-electron chi connectivity index (χ2n) is 8.03. The first kappa shape index (κ1) is 25.4. The highest BCUT2D eigenvalue weighted by molar-refractivity contribution is 7.89. The molecular formula is C24H29N3O6S. The van der Waals surface area contributed by atoms with E-state index >= 15 is 0 Å². The number of hydrogen-bond donors (Lipinski definition) is 2. The minimum absolute atomic E-state index is 0.0809. The zero-order valence-electron chi connectivity index (χ0n) is 19.2. The van der Waals surface area contributed by atoms with Gasteiger partial charge in [0.25, 0.3) is 5.91 Å². The maximum Gasteiger partial charge on any atom is 0.339 e. The highest BCUT2D eigenvalue weighted by Crippen LogP contribution is 2.26. The number of carbonyl (C=O) groups is 3. The summed E-state index contributed by atoms with van der Waals surface area (Å²) in [5, 5.41) is 4.60. The Hall–Kier alpha value is -3.24. The summed E-state index contributed by atoms with van der Waals surface area (Å²) in [4.78, 5) is 37.3. The fraction of sp³-hybridized carbons (Fsp3) is 0.375. The number of piperidine rings is 1. The Labute approximate surface area is 199 Å². The van der Waals surface area contributed by atoms with Gasteiger partial charge in [-0.05, 0) is 51.0 Å². The van der Waals surface area contributed by atoms with Crippen LogP contribution in [-0.2, 0) is 19.6 Å². The van der Waals surface area contributed by atoms with E-state index in [4.69, 9.17) is 4.74 Å². The van der Waals surface area contributed by atoms with Crippen LogP contribution in [0.5, 0.6) is 0 Å². The number of imide groups is 1. The van der Waals surface area contributed by atoms with E-state index in [1.165, 1.54) is 28.6 Å². The van der Waals surface area contributed by atoms with E-state index in [2.05, 4.69) is 10.6 Å². The summed E-state index contributed by atoms with van der Waals surface area (Å²) in [5.74, 6) is -1.63. The molecule has 2 aromatic carbocycles. The SMILES string of the molecule is CCNC(=O)NC(=O)C(OC(=O)c1ccc(S(=O)(=O)N2CCCCC2C)cc1)c1ccccc1. The van der Waals surface area contributed by atoms with Crippen molar-refractivity contribution < 1.29 is 27.5 Å². The number of ether oxygens (including phenoxy) is 1. The number of nitrogens with zero attached hydrogens (tertiary/aromatic N) is 1. The molecule has 1 fully saturated rings. The Morgan fingerprint density at radius 3 is 2.35 bits per heavy atom. The van der Waals surface area contributed by atoms with Crippen molar-refractivity contribution in [2.75, 3.05) is 13.1 Å². The number of amides is 3. The third kappa shape index (κ3) is 6.00. The highest BCUT2D eigenvalue weighted by atomic mass is 32.2. The van der Waals surface area contributed by atoms with E-state index in [9.17, 15) is 22.8 Å². The lowest BCUT2D eigenvalue weighted by Gasteiger charge is -2.32. The molecule has 0 aliphatic carbocycles. The molecule has 0 bridgehead atoms. The molecule has 182 valence electrons. The van der Waals surface area contributed by atoms with Crippen LogP contribution in [0.3, 0.4) is 0 Å². The first-order chi connectivity index (χ1) is 16.2. The van der Waals surface area contributed by atoms with Crippen molar-refractivity contribution in [3.05, 3.63) is 65.7 Å². The Bertz CT molecular complexity index is 1120. The summed E-state index contributed by atoms with van der Waals surface area (Å²) < 4.78 is 32.9. The van der Waals surface area contributed by atoms with Crippen molar-refractivity contribution in [3.63, 3.8) is 0 Å². The van der Waals surface area contributed by atoms with Crippen LogP contribution in [0.4, 0.5) is 4.79 Å². The second-order valence-corrected chi connectivity index (χ2v) is 9.92. The topological polar surface area (TPSA) is 122 Å². The molecule has 2 atom stereocenters. The number of rotatable bonds is 7. The number of benzene rings is 2. The number of hydrogen-bond acceptors (Lipinski definition) is 6. The Balaban J connectivity index is 1.78. The van der Waals surface area contributed by atoms with Crippen LogP contribution >= 0.6 is 0 Å². The van der Waals surface area contributed by atoms with Gasteiger partial charge in [-0.15, -0.1) is 0 Å². The molecule has 34 heavy (non-hydrogen) atoms. The fourth-order valence-corrected chi connectivity index (χ4v) is 5.48. The summed E-state index contributed by atoms with van der Waals surface area (Å²) in [6.07, 6.45) is 1.25. The molecule has 3 rings (SSSR count). The molecule has 1 saturated heterocycles. The molecule has 3 amide bonds. The number of urea groups is 1. The average molecular weight is 488 g/mol. The predicted molar refractivity (Wildman–Crippen MR) is 125 cm³/mol. The average Bonchev–Trinajstić information content (AvgIpc) is 2.83. The number of esters is 1. The molecule has 0 radical (unpaired) electrons. The van der Waals surface area contributed by atoms with Gasteiger partial charge in [0.1, 0.15) is 0 Å². The Morgan fingerprint density at radius 1 is 1.06 bits per heavy atom. The van der Waals surface area contributed by atoms with Gasteiger partial charge in [0.2, 0.25) is 16.1 Å². The second kappa shape index (κ2) is 11.3. The summed E-state index contributed by atoms with van der Waals surface area (Å²) in [5.41, 5.74) is 0.466. The van der Waals surface area contributed by atoms with Crippen LogP contribution in [0.1, 0.15) is 55.1 Å². The normalized spacial score (nSPS) is 17.4. The first-order valence-electron chi connectivity index (χ1n) is 11.2. The van der Waals surface area contributed by atoms with E-state index in [-0.39, 0.29) is 16.5 Å². The predicted octanol–water partition coefficient (Wildman–Crippen LogP) is 2.99. The monoisotopic (exact) mass is 487 g/mol. The van der Waals surface area contributed by atoms with Crippen molar-refractivity contribution >= 4 is 27.9 Å². The maximum atomic E-state index is 13.0. The zero-order valence-corrected chi connectivity index (χ0v) is 20.0. The smallest absolute Gasteiger partial charge is 0.339 e. The fourth-order valence-electron chi connectivity index (χ4n) is 3.79. The molecule has 1 heterocycles. The Morgan fingerprint density at radius 2 is 1.74 bits per heavy atom. The number of carbonyl (C=O) groups excluding carboxylic acids is 3. The lowest BCUT2D eigenvalue weighted by atomic mass is 10.1. The van der Waals surface area contributed by atoms with Crippen molar-refractivity contribution in [1.29, 1.82) is 0 Å². The molecule has 10 heteroatoms. The van der Waals surface area contributed by atoms with Crippen molar-refractivity contribution in [2.45, 2.75) is 50.2 Å². The lowest BCUT2D eigenvalue weighted by Crippen LogP contribution is -2.42. The zero-order chi connectivity index (χ0) is 24.7. The van der Waals surface area contributed by atoms with Gasteiger partial charge >= 0.3 is 12.0 Å². The maximum absolute atomic E-state index is 13.0. The molecular weight excluding hydrogens is 458 g/mol. The van der Waals surface area contributed by atoms with E-state index < -0.39 is 34.0 Å². The summed E-state index contributed by atoms with van der Waals surface area (Å²) in [6.45, 7) is 4.37. The van der Waals surface area contributed by atoms with Crippen LogP contribution in [0, 0.1) is 0 Å². The standard InChI is InChI=1S/C24H29N3O6S/c1-3-25-24(30)26-22(28)21(18-10-5-4-6-11-18)33-23(29)19-12-14-20(15-13-19)34(31,32)27-16-8-7-9-17(27)2/h4-6,10-15,17,21H,3,7-9,16H2,1-2H3,(H2,25,26,28,30). The molecule has 1 aliphatic rings. The summed E-state index contributed by atoms with van der Waals surface area (Å²) >= 11 is 0. The van der Waals surface area contributed by atoms with Gasteiger partial charge in [-0.1, -0.05) is 36.8 Å². The summed E-state index contributed by atoms with van der Waals surface area (Å²) in [6, 6.07) is 12.9. The van der Waals surface area contributed by atoms with E-state index in [0.29, 0.717) is 18.7 Å². The van der Waals surface area contributed by atoms with Gasteiger partial charge in [0.15, 0.2) is 0 Å². The number of sulfonamides is 1. The van der Waals surface area contributed by atoms with E-state index in [0.717, 1.165) is 19.3 Å². The minimum Gasteiger partial charge on any atom is -0.444 e. The largest absolute Gasteiger partial charge is 0.444 e. The van der Waals surface area contributed by atoms with Crippen LogP contribution in [0.15, 0.2) is 59.5 Å². The molecule has 1 aliphatic heterocycles. The molecule has 0 spiro atoms. The van der Waals surface area contributed by atoms with Crippen LogP contribution in [0.25, 0.3) is 0 Å². The van der Waals surface area contributed by atoms with Gasteiger partial charge in [0.05, 0.1) is 10.5 Å².